The van der Waals surface area contributed by atoms with Gasteiger partial charge in [0.1, 0.15) is 23.0 Å². The fourth-order valence-electron chi connectivity index (χ4n) is 7.35. The van der Waals surface area contributed by atoms with Crippen LogP contribution in [-0.2, 0) is 19.6 Å². The Bertz CT molecular complexity index is 999. The number of ether oxygens (including phenoxy) is 3. The SMILES string of the molecule is COC12CCC(c3noc(C4CC4)c3C(=O)OC3C[C@H]4CC[C@@H](C3)N4C(=O)OC(C)(C)C)(CC1)CC2. The van der Waals surface area contributed by atoms with E-state index in [2.05, 4.69) is 5.16 Å². The number of rotatable bonds is 5. The molecule has 6 fully saturated rings. The molecule has 1 aromatic rings. The van der Waals surface area contributed by atoms with Crippen LogP contribution < -0.4 is 0 Å². The number of hydrogen-bond donors (Lipinski definition) is 0. The zero-order chi connectivity index (χ0) is 25.3. The van der Waals surface area contributed by atoms with Crippen LogP contribution in [0, 0.1) is 0 Å². The van der Waals surface area contributed by atoms with Crippen LogP contribution in [0.5, 0.6) is 0 Å². The Morgan fingerprint density at radius 3 is 2.11 bits per heavy atom. The topological polar surface area (TPSA) is 91.1 Å². The van der Waals surface area contributed by atoms with E-state index < -0.39 is 5.60 Å². The minimum Gasteiger partial charge on any atom is -0.458 e. The molecule has 2 saturated heterocycles. The van der Waals surface area contributed by atoms with Crippen molar-refractivity contribution in [1.29, 1.82) is 0 Å². The first-order chi connectivity index (χ1) is 17.1. The second-order valence-corrected chi connectivity index (χ2v) is 13.0. The molecule has 0 spiro atoms. The highest BCUT2D eigenvalue weighted by Gasteiger charge is 2.54. The number of methoxy groups -OCH3 is 1. The number of carbonyl (C=O) groups excluding carboxylic acids is 2. The van der Waals surface area contributed by atoms with Gasteiger partial charge in [0.2, 0.25) is 0 Å². The Balaban J connectivity index is 1.19. The van der Waals surface area contributed by atoms with Crippen molar-refractivity contribution in [3.8, 4) is 0 Å². The van der Waals surface area contributed by atoms with Gasteiger partial charge in [-0.15, -0.1) is 0 Å². The zero-order valence-corrected chi connectivity index (χ0v) is 22.1. The summed E-state index contributed by atoms with van der Waals surface area (Å²) in [6.07, 6.45) is 10.7. The molecule has 4 aliphatic carbocycles. The lowest BCUT2D eigenvalue weighted by Crippen LogP contribution is -2.51. The first-order valence-electron chi connectivity index (χ1n) is 13.9. The summed E-state index contributed by atoms with van der Waals surface area (Å²) >= 11 is 0. The van der Waals surface area contributed by atoms with E-state index in [-0.39, 0.29) is 47.2 Å². The third kappa shape index (κ3) is 4.13. The Hall–Kier alpha value is -2.09. The molecule has 6 aliphatic rings. The maximum Gasteiger partial charge on any atom is 0.410 e. The number of hydrogen-bond acceptors (Lipinski definition) is 7. The summed E-state index contributed by atoms with van der Waals surface area (Å²) in [5.41, 5.74) is 0.779. The highest BCUT2D eigenvalue weighted by molar-refractivity contribution is 5.92. The fraction of sp³-hybridized carbons (Fsp3) is 0.821. The quantitative estimate of drug-likeness (QED) is 0.484. The number of aromatic nitrogens is 1. The first-order valence-corrected chi connectivity index (χ1v) is 13.9. The molecule has 0 aromatic carbocycles. The second-order valence-electron chi connectivity index (χ2n) is 13.0. The molecule has 0 radical (unpaired) electrons. The molecule has 1 aromatic heterocycles. The Labute approximate surface area is 213 Å². The van der Waals surface area contributed by atoms with Crippen molar-refractivity contribution in [2.24, 2.45) is 0 Å². The number of piperidine rings is 1. The molecule has 198 valence electrons. The lowest BCUT2D eigenvalue weighted by molar-refractivity contribution is -0.0967. The largest absolute Gasteiger partial charge is 0.458 e. The average molecular weight is 501 g/mol. The molecule has 3 heterocycles. The normalized spacial score (nSPS) is 35.7. The van der Waals surface area contributed by atoms with Gasteiger partial charge in [-0.3, -0.25) is 0 Å². The van der Waals surface area contributed by atoms with E-state index in [0.29, 0.717) is 18.4 Å². The first kappa shape index (κ1) is 24.3. The molecular formula is C28H40N2O6. The standard InChI is InChI=1S/C28H40N2O6/c1-26(2,3)35-25(32)30-18-7-8-19(30)16-20(15-18)34-24(31)21-22(17-5-6-17)36-29-23(21)27-9-12-28(33-4,13-10-27)14-11-27/h17-20H,5-16H2,1-4H3/t18-,19+,20?,27?,28?. The molecule has 36 heavy (non-hydrogen) atoms. The van der Waals surface area contributed by atoms with Gasteiger partial charge >= 0.3 is 12.1 Å². The molecule has 7 rings (SSSR count). The molecule has 3 atom stereocenters. The second kappa shape index (κ2) is 8.47. The van der Waals surface area contributed by atoms with Crippen molar-refractivity contribution in [3.05, 3.63) is 17.0 Å². The highest BCUT2D eigenvalue weighted by atomic mass is 16.6. The van der Waals surface area contributed by atoms with Crippen LogP contribution in [0.1, 0.15) is 126 Å². The van der Waals surface area contributed by atoms with Crippen LogP contribution in [-0.4, -0.2) is 58.6 Å². The van der Waals surface area contributed by atoms with Gasteiger partial charge in [-0.2, -0.15) is 0 Å². The van der Waals surface area contributed by atoms with Gasteiger partial charge in [0.25, 0.3) is 0 Å². The lowest BCUT2D eigenvalue weighted by Gasteiger charge is -2.52. The van der Waals surface area contributed by atoms with E-state index in [1.54, 1.807) is 0 Å². The molecule has 2 aliphatic heterocycles. The van der Waals surface area contributed by atoms with Crippen molar-refractivity contribution in [2.75, 3.05) is 7.11 Å². The van der Waals surface area contributed by atoms with Crippen molar-refractivity contribution in [1.82, 2.24) is 10.1 Å². The van der Waals surface area contributed by atoms with Crippen LogP contribution in [0.25, 0.3) is 0 Å². The minimum atomic E-state index is -0.524. The molecular weight excluding hydrogens is 460 g/mol. The molecule has 8 nitrogen and oxygen atoms in total. The van der Waals surface area contributed by atoms with E-state index in [1.165, 1.54) is 0 Å². The average Bonchev–Trinajstić information content (AvgIpc) is 3.52. The number of fused-ring (bicyclic) bond motifs is 5. The summed E-state index contributed by atoms with van der Waals surface area (Å²) in [5.74, 6) is 0.722. The fourth-order valence-corrected chi connectivity index (χ4v) is 7.35. The maximum atomic E-state index is 13.8. The molecule has 1 unspecified atom stereocenters. The molecule has 4 bridgehead atoms. The smallest absolute Gasteiger partial charge is 0.410 e. The third-order valence-corrected chi connectivity index (χ3v) is 9.55. The van der Waals surface area contributed by atoms with Crippen LogP contribution in [0.4, 0.5) is 4.79 Å². The van der Waals surface area contributed by atoms with Gasteiger partial charge in [0.15, 0.2) is 5.76 Å². The van der Waals surface area contributed by atoms with Crippen molar-refractivity contribution < 1.29 is 28.3 Å². The number of nitrogens with zero attached hydrogens (tertiary/aromatic N) is 2. The maximum absolute atomic E-state index is 13.8. The van der Waals surface area contributed by atoms with Crippen LogP contribution in [0.15, 0.2) is 4.52 Å². The van der Waals surface area contributed by atoms with E-state index >= 15 is 0 Å². The van der Waals surface area contributed by atoms with Crippen LogP contribution in [0.2, 0.25) is 0 Å². The van der Waals surface area contributed by atoms with Gasteiger partial charge in [0, 0.05) is 43.4 Å². The van der Waals surface area contributed by atoms with Gasteiger partial charge in [-0.05, 0) is 85.0 Å². The predicted octanol–water partition coefficient (Wildman–Crippen LogP) is 5.63. The minimum absolute atomic E-state index is 0.00708. The molecule has 0 N–H and O–H groups in total. The van der Waals surface area contributed by atoms with Crippen molar-refractivity contribution >= 4 is 12.1 Å². The van der Waals surface area contributed by atoms with E-state index in [1.807, 2.05) is 32.8 Å². The van der Waals surface area contributed by atoms with Gasteiger partial charge < -0.3 is 23.6 Å². The van der Waals surface area contributed by atoms with E-state index in [0.717, 1.165) is 75.7 Å². The number of esters is 1. The van der Waals surface area contributed by atoms with Gasteiger partial charge in [-0.1, -0.05) is 5.16 Å². The Morgan fingerprint density at radius 1 is 0.972 bits per heavy atom. The Morgan fingerprint density at radius 2 is 1.58 bits per heavy atom. The lowest BCUT2D eigenvalue weighted by atomic mass is 9.57. The zero-order valence-electron chi connectivity index (χ0n) is 22.1. The summed E-state index contributed by atoms with van der Waals surface area (Å²) in [6.45, 7) is 5.67. The van der Waals surface area contributed by atoms with E-state index in [9.17, 15) is 9.59 Å². The highest BCUT2D eigenvalue weighted by Crippen LogP contribution is 2.56. The summed E-state index contributed by atoms with van der Waals surface area (Å²) in [5, 5.41) is 4.56. The predicted molar refractivity (Wildman–Crippen MR) is 131 cm³/mol. The summed E-state index contributed by atoms with van der Waals surface area (Å²) in [7, 11) is 1.82. The van der Waals surface area contributed by atoms with E-state index in [4.69, 9.17) is 18.7 Å². The van der Waals surface area contributed by atoms with Gasteiger partial charge in [-0.25, -0.2) is 9.59 Å². The summed E-state index contributed by atoms with van der Waals surface area (Å²) in [4.78, 5) is 28.5. The molecule has 8 heteroatoms. The monoisotopic (exact) mass is 500 g/mol. The summed E-state index contributed by atoms with van der Waals surface area (Å²) in [6, 6.07) is 0.109. The Kier molecular flexibility index (Phi) is 5.71. The van der Waals surface area contributed by atoms with Crippen molar-refractivity contribution in [2.45, 2.75) is 139 Å². The molecule has 4 saturated carbocycles. The van der Waals surface area contributed by atoms with Crippen LogP contribution >= 0.6 is 0 Å². The molecule has 1 amide bonds. The van der Waals surface area contributed by atoms with Crippen LogP contribution in [0.3, 0.4) is 0 Å². The number of carbonyl (C=O) groups is 2. The van der Waals surface area contributed by atoms with Gasteiger partial charge in [0.05, 0.1) is 5.60 Å². The third-order valence-electron chi connectivity index (χ3n) is 9.55. The number of amides is 1. The van der Waals surface area contributed by atoms with Crippen molar-refractivity contribution in [3.63, 3.8) is 0 Å². The summed E-state index contributed by atoms with van der Waals surface area (Å²) < 4.78 is 23.6.